The topological polar surface area (TPSA) is 81.2 Å². The quantitative estimate of drug-likeness (QED) is 0.193. The zero-order valence-corrected chi connectivity index (χ0v) is 26.7. The first-order valence-electron chi connectivity index (χ1n) is 16.3. The van der Waals surface area contributed by atoms with E-state index in [0.29, 0.717) is 16.7 Å². The van der Waals surface area contributed by atoms with Crippen LogP contribution in [0.15, 0.2) is 152 Å². The van der Waals surface area contributed by atoms with Crippen molar-refractivity contribution in [2.45, 2.75) is 0 Å². The SMILES string of the molecule is N#Cc1cc(-c2ccc(-n3c4ccccc4c4cc(C#N)ccc43)cc2)cc(-c2c(C#N)cccc2-n2c3ccccc3c3ccccc32)c1. The van der Waals surface area contributed by atoms with E-state index in [0.717, 1.165) is 77.2 Å². The van der Waals surface area contributed by atoms with Crippen LogP contribution in [-0.2, 0) is 0 Å². The fourth-order valence-electron chi connectivity index (χ4n) is 7.43. The molecule has 0 spiro atoms. The first-order valence-corrected chi connectivity index (χ1v) is 16.3. The number of para-hydroxylation sites is 3. The van der Waals surface area contributed by atoms with Gasteiger partial charge in [-0.1, -0.05) is 72.8 Å². The van der Waals surface area contributed by atoms with E-state index < -0.39 is 0 Å². The van der Waals surface area contributed by atoms with Crippen LogP contribution in [0.2, 0.25) is 0 Å². The molecule has 5 nitrogen and oxygen atoms in total. The molecule has 0 aliphatic rings. The summed E-state index contributed by atoms with van der Waals surface area (Å²) in [6.07, 6.45) is 0. The number of hydrogen-bond donors (Lipinski definition) is 0. The van der Waals surface area contributed by atoms with Crippen LogP contribution in [0, 0.1) is 34.0 Å². The van der Waals surface area contributed by atoms with Crippen molar-refractivity contribution in [3.63, 3.8) is 0 Å². The van der Waals surface area contributed by atoms with E-state index in [4.69, 9.17) is 0 Å². The van der Waals surface area contributed by atoms with Crippen molar-refractivity contribution in [1.82, 2.24) is 9.13 Å². The third-order valence-electron chi connectivity index (χ3n) is 9.60. The molecule has 7 aromatic carbocycles. The van der Waals surface area contributed by atoms with E-state index in [-0.39, 0.29) is 0 Å². The molecule has 9 aromatic rings. The fraction of sp³-hybridized carbons (Fsp3) is 0. The normalized spacial score (nSPS) is 11.1. The van der Waals surface area contributed by atoms with Crippen LogP contribution in [-0.4, -0.2) is 9.13 Å². The minimum atomic E-state index is 0.512. The van der Waals surface area contributed by atoms with Gasteiger partial charge in [-0.3, -0.25) is 0 Å². The Kier molecular flexibility index (Phi) is 6.56. The van der Waals surface area contributed by atoms with E-state index in [2.05, 4.69) is 94.1 Å². The molecular weight excluding hydrogens is 611 g/mol. The lowest BCUT2D eigenvalue weighted by atomic mass is 9.92. The highest BCUT2D eigenvalue weighted by molar-refractivity contribution is 6.11. The molecule has 9 rings (SSSR count). The second-order valence-corrected chi connectivity index (χ2v) is 12.3. The Bertz CT molecular complexity index is 2900. The molecular formula is C45H25N5. The Labute approximate surface area is 287 Å². The number of nitrogens with zero attached hydrogens (tertiary/aromatic N) is 5. The molecule has 2 heterocycles. The second-order valence-electron chi connectivity index (χ2n) is 12.3. The Morgan fingerprint density at radius 1 is 0.380 bits per heavy atom. The highest BCUT2D eigenvalue weighted by Gasteiger charge is 2.19. The zero-order chi connectivity index (χ0) is 33.8. The van der Waals surface area contributed by atoms with E-state index in [1.165, 1.54) is 0 Å². The van der Waals surface area contributed by atoms with Gasteiger partial charge in [-0.25, -0.2) is 0 Å². The van der Waals surface area contributed by atoms with Crippen molar-refractivity contribution in [3.05, 3.63) is 168 Å². The number of hydrogen-bond acceptors (Lipinski definition) is 3. The van der Waals surface area contributed by atoms with Gasteiger partial charge in [-0.2, -0.15) is 15.8 Å². The van der Waals surface area contributed by atoms with E-state index >= 15 is 0 Å². The van der Waals surface area contributed by atoms with Gasteiger partial charge in [-0.05, 0) is 95.6 Å². The summed E-state index contributed by atoms with van der Waals surface area (Å²) in [5.41, 5.74) is 11.1. The average Bonchev–Trinajstić information content (AvgIpc) is 3.70. The lowest BCUT2D eigenvalue weighted by Gasteiger charge is -2.17. The predicted octanol–water partition coefficient (Wildman–Crippen LogP) is 10.8. The van der Waals surface area contributed by atoms with Crippen LogP contribution < -0.4 is 0 Å². The van der Waals surface area contributed by atoms with Crippen molar-refractivity contribution in [2.24, 2.45) is 0 Å². The van der Waals surface area contributed by atoms with E-state index in [1.807, 2.05) is 84.9 Å². The first-order chi connectivity index (χ1) is 24.7. The molecule has 0 fully saturated rings. The molecule has 0 aliphatic heterocycles. The average molecular weight is 636 g/mol. The number of fused-ring (bicyclic) bond motifs is 6. The Morgan fingerprint density at radius 3 is 1.60 bits per heavy atom. The summed E-state index contributed by atoms with van der Waals surface area (Å²) in [6, 6.07) is 57.7. The van der Waals surface area contributed by atoms with Gasteiger partial charge in [0.15, 0.2) is 0 Å². The van der Waals surface area contributed by atoms with Crippen LogP contribution in [0.5, 0.6) is 0 Å². The second kappa shape index (κ2) is 11.4. The minimum Gasteiger partial charge on any atom is -0.309 e. The third-order valence-corrected chi connectivity index (χ3v) is 9.60. The zero-order valence-electron chi connectivity index (χ0n) is 26.7. The van der Waals surface area contributed by atoms with Gasteiger partial charge in [0.2, 0.25) is 0 Å². The van der Waals surface area contributed by atoms with Gasteiger partial charge in [0.1, 0.15) is 0 Å². The standard InChI is InChI=1S/C45H25N5/c46-26-29-16-21-43-39(24-29)38-11-3-4-12-40(38)49(43)35-19-17-31(18-20-35)33-22-30(27-47)23-34(25-33)45-32(28-48)8-7-15-44(45)50-41-13-5-1-9-36(41)37-10-2-6-14-42(37)50/h1-25H. The summed E-state index contributed by atoms with van der Waals surface area (Å²) in [6.45, 7) is 0. The van der Waals surface area contributed by atoms with Crippen LogP contribution in [0.3, 0.4) is 0 Å². The van der Waals surface area contributed by atoms with Crippen LogP contribution in [0.4, 0.5) is 0 Å². The minimum absolute atomic E-state index is 0.512. The molecule has 0 saturated heterocycles. The van der Waals surface area contributed by atoms with Gasteiger partial charge in [0.05, 0.1) is 62.7 Å². The fourth-order valence-corrected chi connectivity index (χ4v) is 7.43. The lowest BCUT2D eigenvalue weighted by molar-refractivity contribution is 1.18. The van der Waals surface area contributed by atoms with Gasteiger partial charge >= 0.3 is 0 Å². The smallest absolute Gasteiger partial charge is 0.0998 e. The van der Waals surface area contributed by atoms with E-state index in [1.54, 1.807) is 0 Å². The van der Waals surface area contributed by atoms with Crippen molar-refractivity contribution in [2.75, 3.05) is 0 Å². The largest absolute Gasteiger partial charge is 0.309 e. The molecule has 2 aromatic heterocycles. The summed E-state index contributed by atoms with van der Waals surface area (Å²) in [5.74, 6) is 0. The number of nitriles is 3. The number of rotatable bonds is 4. The maximum Gasteiger partial charge on any atom is 0.0998 e. The first kappa shape index (κ1) is 28.8. The van der Waals surface area contributed by atoms with Crippen LogP contribution in [0.1, 0.15) is 16.7 Å². The monoisotopic (exact) mass is 635 g/mol. The van der Waals surface area contributed by atoms with Crippen molar-refractivity contribution in [1.29, 1.82) is 15.8 Å². The predicted molar refractivity (Wildman–Crippen MR) is 200 cm³/mol. The lowest BCUT2D eigenvalue weighted by Crippen LogP contribution is -2.00. The highest BCUT2D eigenvalue weighted by atomic mass is 15.0. The maximum atomic E-state index is 10.4. The van der Waals surface area contributed by atoms with E-state index in [9.17, 15) is 15.8 Å². The van der Waals surface area contributed by atoms with Crippen molar-refractivity contribution >= 4 is 43.6 Å². The Hall–Kier alpha value is -7.39. The maximum absolute atomic E-state index is 10.4. The Morgan fingerprint density at radius 2 is 0.960 bits per heavy atom. The molecule has 0 N–H and O–H groups in total. The van der Waals surface area contributed by atoms with Crippen LogP contribution in [0.25, 0.3) is 77.2 Å². The van der Waals surface area contributed by atoms with Crippen LogP contribution >= 0.6 is 0 Å². The molecule has 50 heavy (non-hydrogen) atoms. The molecule has 0 unspecified atom stereocenters. The summed E-state index contributed by atoms with van der Waals surface area (Å²) in [7, 11) is 0. The number of benzene rings is 7. The van der Waals surface area contributed by atoms with Gasteiger partial charge in [0, 0.05) is 32.8 Å². The highest BCUT2D eigenvalue weighted by Crippen LogP contribution is 2.40. The number of aromatic nitrogens is 2. The molecule has 0 aliphatic carbocycles. The Balaban J connectivity index is 1.21. The van der Waals surface area contributed by atoms with Gasteiger partial charge < -0.3 is 9.13 Å². The molecule has 0 bridgehead atoms. The third kappa shape index (κ3) is 4.38. The molecule has 0 atom stereocenters. The molecule has 0 amide bonds. The molecule has 0 saturated carbocycles. The van der Waals surface area contributed by atoms with Gasteiger partial charge in [-0.15, -0.1) is 0 Å². The molecule has 5 heteroatoms. The molecule has 230 valence electrons. The van der Waals surface area contributed by atoms with Crippen molar-refractivity contribution in [3.8, 4) is 51.8 Å². The van der Waals surface area contributed by atoms with Gasteiger partial charge in [0.25, 0.3) is 0 Å². The summed E-state index contributed by atoms with van der Waals surface area (Å²) < 4.78 is 4.44. The molecule has 0 radical (unpaired) electrons. The summed E-state index contributed by atoms with van der Waals surface area (Å²) in [4.78, 5) is 0. The summed E-state index contributed by atoms with van der Waals surface area (Å²) >= 11 is 0. The summed E-state index contributed by atoms with van der Waals surface area (Å²) in [5, 5.41) is 34.5. The van der Waals surface area contributed by atoms with Crippen molar-refractivity contribution < 1.29 is 0 Å².